The summed E-state index contributed by atoms with van der Waals surface area (Å²) in [4.78, 5) is 25.2. The third-order valence-corrected chi connectivity index (χ3v) is 14.2. The molecule has 0 aromatic heterocycles. The van der Waals surface area contributed by atoms with Crippen molar-refractivity contribution in [3.8, 4) is 0 Å². The maximum atomic E-state index is 10.7. The van der Waals surface area contributed by atoms with E-state index in [9.17, 15) is 4.79 Å². The first-order chi connectivity index (χ1) is 39.9. The van der Waals surface area contributed by atoms with E-state index in [1.165, 1.54) is 115 Å². The third kappa shape index (κ3) is 63.0. The quantitative estimate of drug-likeness (QED) is 0.0462. The topological polar surface area (TPSA) is 115 Å². The predicted molar refractivity (Wildman–Crippen MR) is 382 cm³/mol. The summed E-state index contributed by atoms with van der Waals surface area (Å²) in [6, 6.07) is 25.5. The first kappa shape index (κ1) is 89.9. The Bertz CT molecular complexity index is 1620. The number of hydrogen-bond acceptors (Lipinski definition) is 13. The highest BCUT2D eigenvalue weighted by atomic mass is 16.5. The fourth-order valence-electron chi connectivity index (χ4n) is 9.19. The summed E-state index contributed by atoms with van der Waals surface area (Å²) in [5.74, 6) is 0.904. The van der Waals surface area contributed by atoms with E-state index in [2.05, 4.69) is 249 Å². The van der Waals surface area contributed by atoms with Gasteiger partial charge in [0.25, 0.3) is 0 Å². The third-order valence-electron chi connectivity index (χ3n) is 14.2. The van der Waals surface area contributed by atoms with Crippen molar-refractivity contribution in [2.75, 3.05) is 153 Å². The van der Waals surface area contributed by atoms with E-state index < -0.39 is 0 Å². The summed E-state index contributed by atoms with van der Waals surface area (Å²) in [5.41, 5.74) is 2.89. The lowest BCUT2D eigenvalue weighted by molar-refractivity contribution is -0.119. The minimum Gasteiger partial charge on any atom is -0.379 e. The monoisotopic (exact) mass is 1220 g/mol. The number of hydrogen-bond donors (Lipinski definition) is 5. The highest BCUT2D eigenvalue weighted by molar-refractivity contribution is 5.73. The lowest BCUT2D eigenvalue weighted by Crippen LogP contribution is -2.48. The number of carbonyl (C=O) groups is 1. The average Bonchev–Trinajstić information content (AvgIpc) is 3.98. The van der Waals surface area contributed by atoms with Crippen LogP contribution in [0.1, 0.15) is 188 Å². The Morgan fingerprint density at radius 1 is 0.535 bits per heavy atom. The first-order valence-corrected chi connectivity index (χ1v) is 33.6. The highest BCUT2D eigenvalue weighted by Crippen LogP contribution is 2.13. The van der Waals surface area contributed by atoms with Gasteiger partial charge in [-0.05, 0) is 164 Å². The second-order valence-electron chi connectivity index (χ2n) is 26.0. The molecule has 0 bridgehead atoms. The molecular weight excluding hydrogens is 1070 g/mol. The van der Waals surface area contributed by atoms with E-state index in [0.29, 0.717) is 48.9 Å². The normalized spacial score (nSPS) is 15.5. The molecule has 1 atom stereocenters. The molecule has 0 saturated carbocycles. The van der Waals surface area contributed by atoms with Gasteiger partial charge in [-0.25, -0.2) is 0 Å². The summed E-state index contributed by atoms with van der Waals surface area (Å²) in [5, 5.41) is 16.4. The number of benzene rings is 2. The SMILES string of the molecule is C.C.CC(=O)NC1CCN(C(C)C)C1.CC(C)CCc1ccccc1.CC(C)N1CCN(Cc2ccccc2)CC1.CC(C)NCCCN(C)C.CC(C)NCCCN(C)C.CC(C)NCCN1CCCCC1.CCCOCCOCCNC(C)C. The maximum absolute atomic E-state index is 10.7. The van der Waals surface area contributed by atoms with Crippen LogP contribution in [-0.2, 0) is 27.2 Å². The van der Waals surface area contributed by atoms with E-state index in [-0.39, 0.29) is 20.8 Å². The molecule has 14 heteroatoms. The Morgan fingerprint density at radius 2 is 0.988 bits per heavy atom. The van der Waals surface area contributed by atoms with Gasteiger partial charge < -0.3 is 50.8 Å². The number of nitrogens with one attached hydrogen (secondary N) is 5. The number of rotatable bonds is 31. The molecule has 5 N–H and O–H groups in total. The summed E-state index contributed by atoms with van der Waals surface area (Å²) >= 11 is 0. The second-order valence-corrected chi connectivity index (χ2v) is 26.0. The lowest BCUT2D eigenvalue weighted by Gasteiger charge is -2.36. The molecule has 86 heavy (non-hydrogen) atoms. The van der Waals surface area contributed by atoms with Crippen LogP contribution < -0.4 is 26.6 Å². The molecule has 510 valence electrons. The van der Waals surface area contributed by atoms with Gasteiger partial charge in [-0.1, -0.05) is 158 Å². The van der Waals surface area contributed by atoms with Crippen molar-refractivity contribution in [2.45, 2.75) is 232 Å². The molecule has 1 unspecified atom stereocenters. The van der Waals surface area contributed by atoms with Crippen LogP contribution in [0.5, 0.6) is 0 Å². The minimum atomic E-state index is 0. The smallest absolute Gasteiger partial charge is 0.217 e. The number of ether oxygens (including phenoxy) is 2. The molecule has 1 amide bonds. The zero-order valence-corrected chi connectivity index (χ0v) is 58.8. The van der Waals surface area contributed by atoms with Gasteiger partial charge in [0, 0.05) is 121 Å². The van der Waals surface area contributed by atoms with E-state index in [0.717, 1.165) is 84.4 Å². The van der Waals surface area contributed by atoms with Crippen LogP contribution in [0.4, 0.5) is 0 Å². The van der Waals surface area contributed by atoms with Gasteiger partial charge in [-0.3, -0.25) is 19.5 Å². The van der Waals surface area contributed by atoms with Crippen molar-refractivity contribution in [1.29, 1.82) is 0 Å². The number of piperazine rings is 1. The molecular formula is C72H149N11O3. The second kappa shape index (κ2) is 61.3. The lowest BCUT2D eigenvalue weighted by atomic mass is 10.0. The number of amides is 1. The Kier molecular flexibility index (Phi) is 64.0. The zero-order chi connectivity index (χ0) is 63.3. The van der Waals surface area contributed by atoms with Gasteiger partial charge in [0.15, 0.2) is 0 Å². The van der Waals surface area contributed by atoms with Crippen LogP contribution in [-0.4, -0.2) is 230 Å². The fraction of sp³-hybridized carbons (Fsp3) is 0.819. The largest absolute Gasteiger partial charge is 0.379 e. The van der Waals surface area contributed by atoms with Crippen LogP contribution in [0.3, 0.4) is 0 Å². The van der Waals surface area contributed by atoms with Crippen molar-refractivity contribution in [1.82, 2.24) is 56.0 Å². The molecule has 2 aromatic carbocycles. The summed E-state index contributed by atoms with van der Waals surface area (Å²) in [6.45, 7) is 56.2. The van der Waals surface area contributed by atoms with E-state index in [1.54, 1.807) is 6.92 Å². The van der Waals surface area contributed by atoms with Crippen LogP contribution in [0.15, 0.2) is 60.7 Å². The molecule has 14 nitrogen and oxygen atoms in total. The molecule has 3 aliphatic heterocycles. The number of nitrogens with zero attached hydrogens (tertiary/aromatic N) is 6. The highest BCUT2D eigenvalue weighted by Gasteiger charge is 2.24. The molecule has 0 aliphatic carbocycles. The van der Waals surface area contributed by atoms with Gasteiger partial charge in [0.05, 0.1) is 19.8 Å². The van der Waals surface area contributed by atoms with E-state index in [4.69, 9.17) is 9.47 Å². The van der Waals surface area contributed by atoms with Crippen LogP contribution >= 0.6 is 0 Å². The summed E-state index contributed by atoms with van der Waals surface area (Å²) < 4.78 is 10.6. The van der Waals surface area contributed by atoms with Crippen molar-refractivity contribution in [2.24, 2.45) is 5.92 Å². The van der Waals surface area contributed by atoms with Crippen LogP contribution in [0, 0.1) is 5.92 Å². The van der Waals surface area contributed by atoms with Crippen LogP contribution in [0.25, 0.3) is 0 Å². The van der Waals surface area contributed by atoms with Gasteiger partial charge in [-0.15, -0.1) is 0 Å². The molecule has 3 heterocycles. The van der Waals surface area contributed by atoms with Crippen molar-refractivity contribution >= 4 is 5.91 Å². The Labute approximate surface area is 536 Å². The predicted octanol–water partition coefficient (Wildman–Crippen LogP) is 12.1. The van der Waals surface area contributed by atoms with Gasteiger partial charge in [0.2, 0.25) is 5.91 Å². The minimum absolute atomic E-state index is 0. The molecule has 3 fully saturated rings. The molecule has 3 saturated heterocycles. The van der Waals surface area contributed by atoms with Gasteiger partial charge in [0.1, 0.15) is 0 Å². The van der Waals surface area contributed by atoms with Crippen LogP contribution in [0.2, 0.25) is 0 Å². The van der Waals surface area contributed by atoms with Gasteiger partial charge in [-0.2, -0.15) is 0 Å². The number of piperidine rings is 1. The fourth-order valence-corrected chi connectivity index (χ4v) is 9.19. The molecule has 0 radical (unpaired) electrons. The van der Waals surface area contributed by atoms with Crippen molar-refractivity contribution < 1.29 is 14.3 Å². The van der Waals surface area contributed by atoms with Crippen molar-refractivity contribution in [3.05, 3.63) is 71.8 Å². The van der Waals surface area contributed by atoms with Crippen molar-refractivity contribution in [3.63, 3.8) is 0 Å². The molecule has 0 spiro atoms. The zero-order valence-electron chi connectivity index (χ0n) is 58.8. The standard InChI is InChI=1S/C14H22N2.C11H16.C10H22N2.C10H23NO2.C9H18N2O.2C8H20N2.2CH4/c1-13(2)16-10-8-15(9-11-16)12-14-6-4-3-5-7-14;1-10(2)8-9-11-6-4-3-5-7-11;1-10(2)11-6-9-12-7-4-3-5-8-12;1-4-6-12-8-9-13-7-5-11-10(2)3;1-7(2)11-5-4-9(6-11)10-8(3)12;2*1-8(2)9-6-5-7-10(3)4;;/h3-7,13H,8-12H2,1-2H3;3-7,10H,8-9H2,1-2H3;10-11H,3-9H2,1-2H3;10-11H,4-9H2,1-3H3;7,9H,4-6H2,1-3H3,(H,10,12);2*8-9H,5-7H2,1-4H3;2*1H4. The molecule has 5 rings (SSSR count). The Hall–Kier alpha value is -2.57. The van der Waals surface area contributed by atoms with E-state index in [1.807, 2.05) is 0 Å². The first-order valence-electron chi connectivity index (χ1n) is 33.6. The number of likely N-dealkylation sites (tertiary alicyclic amines) is 2. The Balaban J connectivity index is -0.000000457. The molecule has 3 aliphatic rings. The summed E-state index contributed by atoms with van der Waals surface area (Å²) in [7, 11) is 8.43. The summed E-state index contributed by atoms with van der Waals surface area (Å²) in [6.07, 6.45) is 11.4. The maximum Gasteiger partial charge on any atom is 0.217 e. The average molecular weight is 1220 g/mol. The number of aryl methyl sites for hydroxylation is 1. The van der Waals surface area contributed by atoms with E-state index >= 15 is 0 Å². The molecule has 2 aromatic rings. The van der Waals surface area contributed by atoms with Gasteiger partial charge >= 0.3 is 0 Å². The Morgan fingerprint density at radius 3 is 1.41 bits per heavy atom. The number of carbonyl (C=O) groups excluding carboxylic acids is 1.